The van der Waals surface area contributed by atoms with Gasteiger partial charge in [0.2, 0.25) is 11.8 Å². The number of anilines is 2. The van der Waals surface area contributed by atoms with Crippen LogP contribution in [-0.4, -0.2) is 78.7 Å². The molecule has 1 aliphatic heterocycles. The van der Waals surface area contributed by atoms with Crippen LogP contribution in [0.4, 0.5) is 29.3 Å². The highest BCUT2D eigenvalue weighted by Crippen LogP contribution is 2.36. The summed E-state index contributed by atoms with van der Waals surface area (Å²) in [5, 5.41) is 11.0. The molecule has 0 aromatic heterocycles. The van der Waals surface area contributed by atoms with Crippen molar-refractivity contribution < 1.29 is 37.1 Å². The third kappa shape index (κ3) is 10.7. The Hall–Kier alpha value is -5.11. The van der Waals surface area contributed by atoms with E-state index in [4.69, 9.17) is 0 Å². The second kappa shape index (κ2) is 16.5. The molecule has 5 rings (SSSR count). The normalized spacial score (nSPS) is 15.6. The van der Waals surface area contributed by atoms with E-state index in [1.165, 1.54) is 43.3 Å². The van der Waals surface area contributed by atoms with Crippen molar-refractivity contribution in [3.63, 3.8) is 0 Å². The van der Waals surface area contributed by atoms with Crippen LogP contribution in [-0.2, 0) is 16.1 Å². The molecular weight excluding hydrogens is 653 g/mol. The first-order valence-corrected chi connectivity index (χ1v) is 16.6. The predicted molar refractivity (Wildman–Crippen MR) is 183 cm³/mol. The quantitative estimate of drug-likeness (QED) is 0.214. The maximum Gasteiger partial charge on any atom is 0.573 e. The van der Waals surface area contributed by atoms with E-state index in [0.717, 1.165) is 43.7 Å². The number of alkyl halides is 3. The Morgan fingerprint density at radius 1 is 0.820 bits per heavy atom. The zero-order valence-corrected chi connectivity index (χ0v) is 27.8. The number of benzene rings is 3. The minimum atomic E-state index is -4.93. The minimum absolute atomic E-state index is 0.00233. The molecule has 2 aliphatic rings. The summed E-state index contributed by atoms with van der Waals surface area (Å²) in [6.07, 6.45) is 0.0435. The smallest absolute Gasteiger partial charge is 0.405 e. The molecule has 0 bridgehead atoms. The molecule has 266 valence electrons. The van der Waals surface area contributed by atoms with Gasteiger partial charge >= 0.3 is 12.4 Å². The van der Waals surface area contributed by atoms with Crippen molar-refractivity contribution in [1.29, 1.82) is 0 Å². The minimum Gasteiger partial charge on any atom is -0.405 e. The number of amides is 5. The molecule has 0 spiro atoms. The van der Waals surface area contributed by atoms with Crippen molar-refractivity contribution in [1.82, 2.24) is 20.4 Å². The summed E-state index contributed by atoms with van der Waals surface area (Å²) in [5.41, 5.74) is 2.65. The third-order valence-electron chi connectivity index (χ3n) is 8.69. The number of rotatable bonds is 10. The van der Waals surface area contributed by atoms with E-state index in [0.29, 0.717) is 55.2 Å². The maximum atomic E-state index is 13.2. The van der Waals surface area contributed by atoms with Gasteiger partial charge in [-0.2, -0.15) is 0 Å². The van der Waals surface area contributed by atoms with E-state index >= 15 is 0 Å². The Morgan fingerprint density at radius 2 is 1.48 bits per heavy atom. The summed E-state index contributed by atoms with van der Waals surface area (Å²) in [5.74, 6) is -1.18. The van der Waals surface area contributed by atoms with Gasteiger partial charge in [-0.25, -0.2) is 4.79 Å². The predicted octanol–water partition coefficient (Wildman–Crippen LogP) is 5.74. The number of nitrogens with one attached hydrogen (secondary N) is 4. The highest BCUT2D eigenvalue weighted by atomic mass is 19.4. The standard InChI is InChI=1S/C36H41F3N6O5/c1-24(46)40-22-33(47)45-19-17-44(18-20-45)23-25-7-13-29(14-8-25)41-34(48)27-11-9-26(10-12-27)31-21-30(15-16-32(31)50-36(37,38)39)43-35(49)42-28-5-3-2-4-6-28/h7-16,21,28H,2-6,17-20,22-23H2,1H3,(H,40,46)(H,41,48)(H2,42,43,49). The molecular formula is C36H41F3N6O5. The van der Waals surface area contributed by atoms with Crippen LogP contribution in [0.3, 0.4) is 0 Å². The largest absolute Gasteiger partial charge is 0.573 e. The highest BCUT2D eigenvalue weighted by Gasteiger charge is 2.32. The van der Waals surface area contributed by atoms with E-state index in [9.17, 15) is 32.3 Å². The van der Waals surface area contributed by atoms with E-state index in [1.54, 1.807) is 17.0 Å². The van der Waals surface area contributed by atoms with Crippen molar-refractivity contribution in [2.45, 2.75) is 58.0 Å². The molecule has 0 radical (unpaired) electrons. The van der Waals surface area contributed by atoms with Crippen LogP contribution in [0.2, 0.25) is 0 Å². The number of carbonyl (C=O) groups is 4. The second-order valence-corrected chi connectivity index (χ2v) is 12.5. The lowest BCUT2D eigenvalue weighted by atomic mass is 9.96. The Labute approximate surface area is 288 Å². The Bertz CT molecular complexity index is 1650. The lowest BCUT2D eigenvalue weighted by Gasteiger charge is -2.34. The molecule has 5 amide bonds. The molecule has 1 saturated heterocycles. The number of ether oxygens (including phenoxy) is 1. The summed E-state index contributed by atoms with van der Waals surface area (Å²) in [6, 6.07) is 17.0. The van der Waals surface area contributed by atoms with Gasteiger partial charge in [-0.1, -0.05) is 43.5 Å². The van der Waals surface area contributed by atoms with Gasteiger partial charge in [0.1, 0.15) is 5.75 Å². The zero-order valence-electron chi connectivity index (χ0n) is 27.8. The third-order valence-corrected chi connectivity index (χ3v) is 8.69. The van der Waals surface area contributed by atoms with E-state index < -0.39 is 24.1 Å². The summed E-state index contributed by atoms with van der Waals surface area (Å²) in [4.78, 5) is 52.9. The molecule has 50 heavy (non-hydrogen) atoms. The summed E-state index contributed by atoms with van der Waals surface area (Å²) < 4.78 is 44.0. The van der Waals surface area contributed by atoms with E-state index in [2.05, 4.69) is 30.9 Å². The van der Waals surface area contributed by atoms with Gasteiger partial charge in [-0.15, -0.1) is 13.2 Å². The van der Waals surface area contributed by atoms with Crippen LogP contribution in [0.1, 0.15) is 54.9 Å². The van der Waals surface area contributed by atoms with E-state index in [1.807, 2.05) is 12.1 Å². The lowest BCUT2D eigenvalue weighted by Crippen LogP contribution is -2.50. The summed E-state index contributed by atoms with van der Waals surface area (Å²) >= 11 is 0. The first-order chi connectivity index (χ1) is 23.9. The van der Waals surface area contributed by atoms with Crippen molar-refractivity contribution in [3.8, 4) is 16.9 Å². The van der Waals surface area contributed by atoms with Gasteiger partial charge in [-0.3, -0.25) is 19.3 Å². The molecule has 3 aromatic rings. The van der Waals surface area contributed by atoms with Gasteiger partial charge in [0, 0.05) is 68.2 Å². The number of urea groups is 1. The topological polar surface area (TPSA) is 132 Å². The number of piperazine rings is 1. The molecule has 1 heterocycles. The van der Waals surface area contributed by atoms with Crippen LogP contribution in [0, 0.1) is 0 Å². The van der Waals surface area contributed by atoms with Gasteiger partial charge in [0.15, 0.2) is 0 Å². The van der Waals surface area contributed by atoms with Crippen molar-refractivity contribution >= 4 is 35.1 Å². The van der Waals surface area contributed by atoms with Crippen LogP contribution in [0.5, 0.6) is 5.75 Å². The summed E-state index contributed by atoms with van der Waals surface area (Å²) in [6.45, 7) is 4.58. The molecule has 11 nitrogen and oxygen atoms in total. The fourth-order valence-corrected chi connectivity index (χ4v) is 6.07. The molecule has 0 atom stereocenters. The average Bonchev–Trinajstić information content (AvgIpc) is 3.09. The molecule has 1 saturated carbocycles. The number of nitrogens with zero attached hydrogens (tertiary/aromatic N) is 2. The molecule has 4 N–H and O–H groups in total. The number of hydrogen-bond donors (Lipinski definition) is 4. The zero-order chi connectivity index (χ0) is 35.7. The van der Waals surface area contributed by atoms with Gasteiger partial charge in [0.05, 0.1) is 6.54 Å². The van der Waals surface area contributed by atoms with Crippen LogP contribution < -0.4 is 26.0 Å². The highest BCUT2D eigenvalue weighted by molar-refractivity contribution is 6.04. The van der Waals surface area contributed by atoms with E-state index in [-0.39, 0.29) is 30.0 Å². The average molecular weight is 695 g/mol. The fourth-order valence-electron chi connectivity index (χ4n) is 6.07. The maximum absolute atomic E-state index is 13.2. The number of carbonyl (C=O) groups excluding carboxylic acids is 4. The Kier molecular flexibility index (Phi) is 12.0. The molecule has 0 unspecified atom stereocenters. The fraction of sp³-hybridized carbons (Fsp3) is 0.389. The lowest BCUT2D eigenvalue weighted by molar-refractivity contribution is -0.274. The Morgan fingerprint density at radius 3 is 2.12 bits per heavy atom. The number of hydrogen-bond acceptors (Lipinski definition) is 6. The summed E-state index contributed by atoms with van der Waals surface area (Å²) in [7, 11) is 0. The SMILES string of the molecule is CC(=O)NCC(=O)N1CCN(Cc2ccc(NC(=O)c3ccc(-c4cc(NC(=O)NC5CCCCC5)ccc4OC(F)(F)F)cc3)cc2)CC1. The van der Waals surface area contributed by atoms with Gasteiger partial charge in [0.25, 0.3) is 5.91 Å². The molecule has 3 aromatic carbocycles. The van der Waals surface area contributed by atoms with Crippen molar-refractivity contribution in [3.05, 3.63) is 77.9 Å². The van der Waals surface area contributed by atoms with Crippen molar-refractivity contribution in [2.24, 2.45) is 0 Å². The monoisotopic (exact) mass is 694 g/mol. The first-order valence-electron chi connectivity index (χ1n) is 16.6. The Balaban J connectivity index is 1.17. The molecule has 2 fully saturated rings. The molecule has 1 aliphatic carbocycles. The van der Waals surface area contributed by atoms with Gasteiger partial charge in [-0.05, 0) is 66.4 Å². The van der Waals surface area contributed by atoms with Crippen molar-refractivity contribution in [2.75, 3.05) is 43.4 Å². The van der Waals surface area contributed by atoms with Gasteiger partial charge < -0.3 is 30.9 Å². The second-order valence-electron chi connectivity index (χ2n) is 12.5. The molecule has 14 heteroatoms. The van der Waals surface area contributed by atoms with Crippen LogP contribution in [0.25, 0.3) is 11.1 Å². The van der Waals surface area contributed by atoms with Crippen LogP contribution >= 0.6 is 0 Å². The first kappa shape index (κ1) is 36.2. The number of halogens is 3. The van der Waals surface area contributed by atoms with Crippen LogP contribution in [0.15, 0.2) is 66.7 Å².